The molecule has 0 atom stereocenters. The monoisotopic (exact) mass is 349 g/mol. The van der Waals surface area contributed by atoms with Gasteiger partial charge in [-0.2, -0.15) is 5.26 Å². The van der Waals surface area contributed by atoms with E-state index in [2.05, 4.69) is 37.9 Å². The van der Waals surface area contributed by atoms with Crippen molar-refractivity contribution in [1.82, 2.24) is 0 Å². The van der Waals surface area contributed by atoms with Crippen LogP contribution >= 0.6 is 0 Å². The molecule has 2 nitrogen and oxygen atoms in total. The van der Waals surface area contributed by atoms with Gasteiger partial charge in [-0.05, 0) is 71.0 Å². The molecular weight excluding hydrogens is 310 g/mol. The van der Waals surface area contributed by atoms with Crippen molar-refractivity contribution >= 4 is 8.32 Å². The molecular formula is C21H39NOSi. The minimum Gasteiger partial charge on any atom is -0.400 e. The molecule has 0 spiro atoms. The molecule has 0 N–H and O–H groups in total. The second kappa shape index (κ2) is 11.9. The van der Waals surface area contributed by atoms with Gasteiger partial charge in [-0.3, -0.25) is 0 Å². The van der Waals surface area contributed by atoms with E-state index < -0.39 is 13.9 Å². The average molecular weight is 350 g/mol. The van der Waals surface area contributed by atoms with Crippen LogP contribution in [0.15, 0.2) is 12.2 Å². The van der Waals surface area contributed by atoms with Crippen molar-refractivity contribution in [3.63, 3.8) is 0 Å². The predicted octanol–water partition coefficient (Wildman–Crippen LogP) is 7.13. The molecule has 3 heteroatoms. The highest BCUT2D eigenvalue weighted by Crippen LogP contribution is 2.30. The lowest BCUT2D eigenvalue weighted by molar-refractivity contribution is 0.0932. The first kappa shape index (κ1) is 21.4. The summed E-state index contributed by atoms with van der Waals surface area (Å²) in [6.45, 7) is 6.63. The third-order valence-corrected chi connectivity index (χ3v) is 5.78. The van der Waals surface area contributed by atoms with E-state index in [-0.39, 0.29) is 0 Å². The van der Waals surface area contributed by atoms with Gasteiger partial charge in [0.25, 0.3) is 0 Å². The Bertz CT molecular complexity index is 372. The van der Waals surface area contributed by atoms with E-state index >= 15 is 0 Å². The maximum Gasteiger partial charge on any atom is 0.185 e. The third-order valence-electron chi connectivity index (χ3n) is 4.77. The van der Waals surface area contributed by atoms with Crippen LogP contribution in [0, 0.1) is 11.3 Å². The van der Waals surface area contributed by atoms with Gasteiger partial charge in [0.15, 0.2) is 8.32 Å². The Morgan fingerprint density at radius 2 is 1.17 bits per heavy atom. The average Bonchev–Trinajstić information content (AvgIpc) is 2.52. The smallest absolute Gasteiger partial charge is 0.185 e. The van der Waals surface area contributed by atoms with Crippen molar-refractivity contribution in [3.05, 3.63) is 12.2 Å². The van der Waals surface area contributed by atoms with Crippen LogP contribution in [0.1, 0.15) is 89.9 Å². The number of nitrogens with zero attached hydrogens (tertiary/aromatic N) is 1. The Morgan fingerprint density at radius 1 is 0.750 bits per heavy atom. The Balaban J connectivity index is 2.59. The summed E-state index contributed by atoms with van der Waals surface area (Å²) in [7, 11) is -1.70. The van der Waals surface area contributed by atoms with E-state index in [4.69, 9.17) is 4.43 Å². The summed E-state index contributed by atoms with van der Waals surface area (Å²) in [5.41, 5.74) is -0.514. The first-order valence-corrected chi connectivity index (χ1v) is 13.6. The lowest BCUT2D eigenvalue weighted by Crippen LogP contribution is -2.42. The standard InChI is InChI=1S/C21H39NOSi/c1-24(2,3)23-21(20-22)18-16-14-12-10-8-6-4-5-7-9-11-13-15-17-19-21/h4-5H,6-19H2,1-3H3/b5-4-. The molecule has 0 amide bonds. The zero-order valence-electron chi connectivity index (χ0n) is 16.4. The molecule has 0 aromatic rings. The van der Waals surface area contributed by atoms with E-state index in [1.807, 2.05) is 0 Å². The van der Waals surface area contributed by atoms with Crippen LogP contribution in [0.2, 0.25) is 19.6 Å². The molecule has 24 heavy (non-hydrogen) atoms. The van der Waals surface area contributed by atoms with Crippen LogP contribution in [-0.2, 0) is 4.43 Å². The van der Waals surface area contributed by atoms with Crippen LogP contribution in [0.4, 0.5) is 0 Å². The highest BCUT2D eigenvalue weighted by molar-refractivity contribution is 6.69. The quantitative estimate of drug-likeness (QED) is 0.392. The molecule has 0 aliphatic heterocycles. The number of allylic oxidation sites excluding steroid dienone is 2. The number of rotatable bonds is 2. The molecule has 0 fully saturated rings. The van der Waals surface area contributed by atoms with Crippen molar-refractivity contribution in [3.8, 4) is 6.07 Å². The highest BCUT2D eigenvalue weighted by Gasteiger charge is 2.35. The van der Waals surface area contributed by atoms with Crippen molar-refractivity contribution in [2.75, 3.05) is 0 Å². The van der Waals surface area contributed by atoms with Crippen molar-refractivity contribution in [2.45, 2.75) is 115 Å². The SMILES string of the molecule is C[Si](C)(C)OC1(C#N)CCCCCCC/C=C\CCCCCCC1. The summed E-state index contributed by atoms with van der Waals surface area (Å²) < 4.78 is 6.41. The molecule has 0 saturated heterocycles. The summed E-state index contributed by atoms with van der Waals surface area (Å²) in [6.07, 6.45) is 21.7. The van der Waals surface area contributed by atoms with Gasteiger partial charge >= 0.3 is 0 Å². The second-order valence-electron chi connectivity index (χ2n) is 8.40. The first-order valence-electron chi connectivity index (χ1n) is 10.2. The summed E-state index contributed by atoms with van der Waals surface area (Å²) in [4.78, 5) is 0. The van der Waals surface area contributed by atoms with Gasteiger partial charge in [0.05, 0.1) is 6.07 Å². The van der Waals surface area contributed by atoms with Gasteiger partial charge in [-0.1, -0.05) is 50.7 Å². The maximum atomic E-state index is 9.87. The van der Waals surface area contributed by atoms with Gasteiger partial charge in [-0.25, -0.2) is 0 Å². The van der Waals surface area contributed by atoms with Gasteiger partial charge in [-0.15, -0.1) is 0 Å². The summed E-state index contributed by atoms with van der Waals surface area (Å²) in [5, 5.41) is 9.87. The van der Waals surface area contributed by atoms with Crippen LogP contribution in [-0.4, -0.2) is 13.9 Å². The van der Waals surface area contributed by atoms with Gasteiger partial charge < -0.3 is 4.43 Å². The molecule has 0 radical (unpaired) electrons. The van der Waals surface area contributed by atoms with Gasteiger partial charge in [0, 0.05) is 0 Å². The molecule has 0 aromatic heterocycles. The number of nitriles is 1. The topological polar surface area (TPSA) is 33.0 Å². The predicted molar refractivity (Wildman–Crippen MR) is 107 cm³/mol. The summed E-state index contributed by atoms with van der Waals surface area (Å²) in [6, 6.07) is 2.59. The van der Waals surface area contributed by atoms with Gasteiger partial charge in [0.1, 0.15) is 5.60 Å². The second-order valence-corrected chi connectivity index (χ2v) is 12.8. The van der Waals surface area contributed by atoms with E-state index in [0.29, 0.717) is 0 Å². The molecule has 0 saturated carbocycles. The minimum atomic E-state index is -1.70. The third kappa shape index (κ3) is 10.3. The van der Waals surface area contributed by atoms with Crippen LogP contribution in [0.3, 0.4) is 0 Å². The van der Waals surface area contributed by atoms with Crippen LogP contribution in [0.25, 0.3) is 0 Å². The molecule has 1 rings (SSSR count). The molecule has 0 bridgehead atoms. The Kier molecular flexibility index (Phi) is 10.6. The van der Waals surface area contributed by atoms with Crippen LogP contribution < -0.4 is 0 Å². The Labute approximate surface area is 151 Å². The molecule has 1 aliphatic rings. The summed E-state index contributed by atoms with van der Waals surface area (Å²) >= 11 is 0. The first-order chi connectivity index (χ1) is 11.5. The minimum absolute atomic E-state index is 0.514. The normalized spacial score (nSPS) is 23.8. The molecule has 1 aliphatic carbocycles. The molecule has 0 unspecified atom stereocenters. The number of hydrogen-bond acceptors (Lipinski definition) is 2. The van der Waals surface area contributed by atoms with Gasteiger partial charge in [0.2, 0.25) is 0 Å². The zero-order chi connectivity index (χ0) is 17.7. The fourth-order valence-electron chi connectivity index (χ4n) is 3.59. The Morgan fingerprint density at radius 3 is 1.58 bits per heavy atom. The maximum absolute atomic E-state index is 9.87. The van der Waals surface area contributed by atoms with E-state index in [1.54, 1.807) is 0 Å². The number of hydrogen-bond donors (Lipinski definition) is 0. The van der Waals surface area contributed by atoms with Crippen molar-refractivity contribution in [2.24, 2.45) is 0 Å². The van der Waals surface area contributed by atoms with E-state index in [9.17, 15) is 5.26 Å². The molecule has 138 valence electrons. The fraction of sp³-hybridized carbons (Fsp3) is 0.857. The Hall–Kier alpha value is -0.593. The van der Waals surface area contributed by atoms with Crippen molar-refractivity contribution in [1.29, 1.82) is 5.26 Å². The van der Waals surface area contributed by atoms with Crippen LogP contribution in [0.5, 0.6) is 0 Å². The van der Waals surface area contributed by atoms with Crippen molar-refractivity contribution < 1.29 is 4.43 Å². The lowest BCUT2D eigenvalue weighted by atomic mass is 9.91. The highest BCUT2D eigenvalue weighted by atomic mass is 28.4. The van der Waals surface area contributed by atoms with E-state index in [0.717, 1.165) is 25.7 Å². The molecule has 0 heterocycles. The molecule has 0 aromatic carbocycles. The summed E-state index contributed by atoms with van der Waals surface area (Å²) in [5.74, 6) is 0. The fourth-order valence-corrected chi connectivity index (χ4v) is 5.01. The lowest BCUT2D eigenvalue weighted by Gasteiger charge is -2.34. The van der Waals surface area contributed by atoms with E-state index in [1.165, 1.54) is 64.2 Å². The largest absolute Gasteiger partial charge is 0.400 e. The zero-order valence-corrected chi connectivity index (χ0v) is 17.4.